The third kappa shape index (κ3) is 1.70. The Kier molecular flexibility index (Phi) is 2.50. The molecule has 0 saturated carbocycles. The van der Waals surface area contributed by atoms with Gasteiger partial charge in [0, 0.05) is 13.6 Å². The first kappa shape index (κ1) is 10.6. The number of nitrogens with zero attached hydrogens (tertiary/aromatic N) is 3. The highest BCUT2D eigenvalue weighted by atomic mass is 19.4. The first-order chi connectivity index (χ1) is 6.38. The van der Waals surface area contributed by atoms with E-state index >= 15 is 0 Å². The van der Waals surface area contributed by atoms with E-state index in [0.29, 0.717) is 9.25 Å². The van der Waals surface area contributed by atoms with Crippen molar-refractivity contribution in [1.29, 1.82) is 0 Å². The lowest BCUT2D eigenvalue weighted by Gasteiger charge is -2.05. The summed E-state index contributed by atoms with van der Waals surface area (Å²) in [6, 6.07) is 0. The molecule has 4 nitrogen and oxygen atoms in total. The molecule has 1 rings (SSSR count). The third-order valence-electron chi connectivity index (χ3n) is 1.57. The average molecular weight is 207 g/mol. The number of allylic oxidation sites excluding steroid dienone is 1. The molecule has 0 aliphatic rings. The summed E-state index contributed by atoms with van der Waals surface area (Å²) < 4.78 is 38.1. The van der Waals surface area contributed by atoms with Gasteiger partial charge in [0.15, 0.2) is 0 Å². The number of halogens is 3. The number of hydrogen-bond acceptors (Lipinski definition) is 2. The summed E-state index contributed by atoms with van der Waals surface area (Å²) in [5, 5.41) is 3.09. The summed E-state index contributed by atoms with van der Waals surface area (Å²) >= 11 is 0. The molecule has 0 spiro atoms. The minimum atomic E-state index is -4.62. The molecule has 0 unspecified atom stereocenters. The Morgan fingerprint density at radius 3 is 2.57 bits per heavy atom. The van der Waals surface area contributed by atoms with Crippen molar-refractivity contribution >= 4 is 0 Å². The fourth-order valence-corrected chi connectivity index (χ4v) is 1.01. The van der Waals surface area contributed by atoms with E-state index in [4.69, 9.17) is 0 Å². The summed E-state index contributed by atoms with van der Waals surface area (Å²) in [4.78, 5) is 11.1. The standard InChI is InChI=1S/C7H8F3N3O/c1-3-4-13-5(7(8,9)10)11-12(2)6(13)14/h3H,1,4H2,2H3. The van der Waals surface area contributed by atoms with E-state index < -0.39 is 17.7 Å². The number of aromatic nitrogens is 3. The van der Waals surface area contributed by atoms with Crippen LogP contribution >= 0.6 is 0 Å². The van der Waals surface area contributed by atoms with Gasteiger partial charge >= 0.3 is 11.9 Å². The minimum Gasteiger partial charge on any atom is -0.267 e. The SMILES string of the molecule is C=CCn1c(C(F)(F)F)nn(C)c1=O. The van der Waals surface area contributed by atoms with E-state index in [2.05, 4.69) is 11.7 Å². The van der Waals surface area contributed by atoms with Gasteiger partial charge in [0.25, 0.3) is 0 Å². The highest BCUT2D eigenvalue weighted by Crippen LogP contribution is 2.26. The molecule has 0 atom stereocenters. The maximum absolute atomic E-state index is 12.3. The van der Waals surface area contributed by atoms with Crippen LogP contribution in [0.5, 0.6) is 0 Å². The van der Waals surface area contributed by atoms with Crippen molar-refractivity contribution < 1.29 is 13.2 Å². The van der Waals surface area contributed by atoms with Crippen LogP contribution in [-0.4, -0.2) is 14.3 Å². The highest BCUT2D eigenvalue weighted by molar-refractivity contribution is 4.94. The molecule has 0 fully saturated rings. The number of hydrogen-bond donors (Lipinski definition) is 0. The van der Waals surface area contributed by atoms with Crippen LogP contribution in [0.15, 0.2) is 17.4 Å². The Balaban J connectivity index is 3.36. The van der Waals surface area contributed by atoms with E-state index in [9.17, 15) is 18.0 Å². The minimum absolute atomic E-state index is 0.207. The van der Waals surface area contributed by atoms with Crippen LogP contribution in [0.1, 0.15) is 5.82 Å². The van der Waals surface area contributed by atoms with E-state index in [-0.39, 0.29) is 6.54 Å². The molecule has 1 aromatic rings. The molecule has 0 saturated heterocycles. The van der Waals surface area contributed by atoms with Crippen molar-refractivity contribution in [3.63, 3.8) is 0 Å². The van der Waals surface area contributed by atoms with E-state index in [1.807, 2.05) is 0 Å². The maximum Gasteiger partial charge on any atom is 0.451 e. The lowest BCUT2D eigenvalue weighted by atomic mass is 10.5. The molecule has 1 aromatic heterocycles. The molecule has 0 bridgehead atoms. The Labute approximate surface area is 77.3 Å². The molecule has 0 aliphatic heterocycles. The quantitative estimate of drug-likeness (QED) is 0.672. The number of alkyl halides is 3. The van der Waals surface area contributed by atoms with Crippen LogP contribution < -0.4 is 5.69 Å². The van der Waals surface area contributed by atoms with Crippen LogP contribution in [0.3, 0.4) is 0 Å². The lowest BCUT2D eigenvalue weighted by Crippen LogP contribution is -2.25. The van der Waals surface area contributed by atoms with Crippen molar-refractivity contribution in [2.45, 2.75) is 12.7 Å². The monoisotopic (exact) mass is 207 g/mol. The molecular formula is C7H8F3N3O. The Morgan fingerprint density at radius 1 is 1.57 bits per heavy atom. The summed E-state index contributed by atoms with van der Waals surface area (Å²) in [5.41, 5.74) is -0.808. The van der Waals surface area contributed by atoms with Gasteiger partial charge in [-0.15, -0.1) is 11.7 Å². The summed E-state index contributed by atoms with van der Waals surface area (Å²) in [5.74, 6) is -1.20. The van der Waals surface area contributed by atoms with Gasteiger partial charge in [-0.1, -0.05) is 6.08 Å². The molecule has 1 heterocycles. The van der Waals surface area contributed by atoms with Gasteiger partial charge in [-0.25, -0.2) is 9.48 Å². The van der Waals surface area contributed by atoms with Gasteiger partial charge in [-0.3, -0.25) is 4.57 Å². The first-order valence-corrected chi connectivity index (χ1v) is 3.70. The van der Waals surface area contributed by atoms with Crippen molar-refractivity contribution in [2.75, 3.05) is 0 Å². The molecule has 0 radical (unpaired) electrons. The number of aryl methyl sites for hydroxylation is 1. The zero-order valence-electron chi connectivity index (χ0n) is 7.38. The fraction of sp³-hybridized carbons (Fsp3) is 0.429. The molecule has 0 aromatic carbocycles. The summed E-state index contributed by atoms with van der Waals surface area (Å²) in [6.07, 6.45) is -3.41. The third-order valence-corrected chi connectivity index (χ3v) is 1.57. The number of rotatable bonds is 2. The van der Waals surface area contributed by atoms with Gasteiger partial charge in [-0.2, -0.15) is 13.2 Å². The molecule has 0 aliphatic carbocycles. The molecule has 14 heavy (non-hydrogen) atoms. The second-order valence-corrected chi connectivity index (χ2v) is 2.63. The topological polar surface area (TPSA) is 39.8 Å². The average Bonchev–Trinajstić information content (AvgIpc) is 2.32. The molecular weight excluding hydrogens is 199 g/mol. The van der Waals surface area contributed by atoms with Crippen LogP contribution in [-0.2, 0) is 19.8 Å². The van der Waals surface area contributed by atoms with Crippen molar-refractivity contribution in [3.8, 4) is 0 Å². The largest absolute Gasteiger partial charge is 0.451 e. The van der Waals surface area contributed by atoms with Crippen molar-refractivity contribution in [3.05, 3.63) is 29.0 Å². The maximum atomic E-state index is 12.3. The van der Waals surface area contributed by atoms with Gasteiger partial charge in [-0.05, 0) is 0 Å². The lowest BCUT2D eigenvalue weighted by molar-refractivity contribution is -0.147. The molecule has 0 N–H and O–H groups in total. The van der Waals surface area contributed by atoms with Crippen molar-refractivity contribution in [2.24, 2.45) is 7.05 Å². The van der Waals surface area contributed by atoms with Crippen molar-refractivity contribution in [1.82, 2.24) is 14.3 Å². The van der Waals surface area contributed by atoms with Gasteiger partial charge in [0.2, 0.25) is 5.82 Å². The van der Waals surface area contributed by atoms with E-state index in [1.54, 1.807) is 0 Å². The Bertz CT molecular complexity index is 401. The van der Waals surface area contributed by atoms with Crippen LogP contribution in [0.4, 0.5) is 13.2 Å². The summed E-state index contributed by atoms with van der Waals surface area (Å²) in [6.45, 7) is 3.06. The predicted molar refractivity (Wildman–Crippen MR) is 42.7 cm³/mol. The second-order valence-electron chi connectivity index (χ2n) is 2.63. The first-order valence-electron chi connectivity index (χ1n) is 3.70. The van der Waals surface area contributed by atoms with Gasteiger partial charge in [0.1, 0.15) is 0 Å². The van der Waals surface area contributed by atoms with E-state index in [0.717, 1.165) is 7.05 Å². The molecule has 7 heteroatoms. The second kappa shape index (κ2) is 3.32. The smallest absolute Gasteiger partial charge is 0.267 e. The normalized spacial score (nSPS) is 11.7. The van der Waals surface area contributed by atoms with E-state index in [1.165, 1.54) is 6.08 Å². The fourth-order valence-electron chi connectivity index (χ4n) is 1.01. The van der Waals surface area contributed by atoms with Crippen LogP contribution in [0.25, 0.3) is 0 Å². The Morgan fingerprint density at radius 2 is 2.14 bits per heavy atom. The predicted octanol–water partition coefficient (Wildman–Crippen LogP) is 0.787. The summed E-state index contributed by atoms with van der Waals surface area (Å²) in [7, 11) is 1.16. The zero-order valence-corrected chi connectivity index (χ0v) is 7.38. The highest BCUT2D eigenvalue weighted by Gasteiger charge is 2.38. The van der Waals surface area contributed by atoms with Crippen LogP contribution in [0.2, 0.25) is 0 Å². The zero-order chi connectivity index (χ0) is 10.9. The van der Waals surface area contributed by atoms with Crippen LogP contribution in [0, 0.1) is 0 Å². The Hall–Kier alpha value is -1.53. The molecule has 78 valence electrons. The van der Waals surface area contributed by atoms with Gasteiger partial charge < -0.3 is 0 Å². The van der Waals surface area contributed by atoms with Gasteiger partial charge in [0.05, 0.1) is 0 Å². The molecule has 0 amide bonds.